The molecular weight excluding hydrogens is 288 g/mol. The van der Waals surface area contributed by atoms with Crippen molar-refractivity contribution in [3.63, 3.8) is 0 Å². The molecule has 6 heteroatoms. The number of sulfone groups is 1. The maximum atomic E-state index is 11.5. The van der Waals surface area contributed by atoms with Crippen molar-refractivity contribution in [3.05, 3.63) is 48.3 Å². The van der Waals surface area contributed by atoms with Gasteiger partial charge in [-0.25, -0.2) is 8.42 Å². The standard InChI is InChI=1S/C15H18N2O3S/c1-3-14(16)15-8-7-12(10-17-15)20-11-5-4-6-13(9-11)21(2,18)19/h4-10,14H,3,16H2,1-2H3. The Morgan fingerprint density at radius 2 is 2.00 bits per heavy atom. The van der Waals surface area contributed by atoms with Gasteiger partial charge >= 0.3 is 0 Å². The molecule has 0 saturated heterocycles. The Kier molecular flexibility index (Phi) is 4.59. The summed E-state index contributed by atoms with van der Waals surface area (Å²) in [7, 11) is -3.25. The lowest BCUT2D eigenvalue weighted by atomic mass is 10.1. The number of rotatable bonds is 5. The average Bonchev–Trinajstić information content (AvgIpc) is 2.47. The molecule has 1 heterocycles. The van der Waals surface area contributed by atoms with Crippen molar-refractivity contribution in [1.29, 1.82) is 0 Å². The minimum absolute atomic E-state index is 0.0902. The molecule has 2 N–H and O–H groups in total. The second-order valence-corrected chi connectivity index (χ2v) is 6.80. The fraction of sp³-hybridized carbons (Fsp3) is 0.267. The van der Waals surface area contributed by atoms with Crippen LogP contribution in [-0.2, 0) is 9.84 Å². The van der Waals surface area contributed by atoms with Crippen molar-refractivity contribution in [2.45, 2.75) is 24.3 Å². The molecular formula is C15H18N2O3S. The molecule has 21 heavy (non-hydrogen) atoms. The van der Waals surface area contributed by atoms with Gasteiger partial charge in [0.25, 0.3) is 0 Å². The van der Waals surface area contributed by atoms with Crippen LogP contribution in [0.25, 0.3) is 0 Å². The van der Waals surface area contributed by atoms with Crippen LogP contribution in [0, 0.1) is 0 Å². The van der Waals surface area contributed by atoms with Crippen LogP contribution in [0.3, 0.4) is 0 Å². The van der Waals surface area contributed by atoms with Gasteiger partial charge in [-0.05, 0) is 36.8 Å². The maximum Gasteiger partial charge on any atom is 0.175 e. The molecule has 0 amide bonds. The molecule has 1 atom stereocenters. The summed E-state index contributed by atoms with van der Waals surface area (Å²) >= 11 is 0. The van der Waals surface area contributed by atoms with Crippen LogP contribution >= 0.6 is 0 Å². The normalized spacial score (nSPS) is 12.9. The molecule has 0 fully saturated rings. The zero-order valence-electron chi connectivity index (χ0n) is 12.0. The smallest absolute Gasteiger partial charge is 0.175 e. The number of hydrogen-bond donors (Lipinski definition) is 1. The molecule has 0 radical (unpaired) electrons. The van der Waals surface area contributed by atoms with Crippen molar-refractivity contribution in [3.8, 4) is 11.5 Å². The molecule has 2 aromatic rings. The third-order valence-electron chi connectivity index (χ3n) is 3.05. The topological polar surface area (TPSA) is 82.3 Å². The van der Waals surface area contributed by atoms with Crippen LogP contribution in [0.5, 0.6) is 11.5 Å². The third kappa shape index (κ3) is 4.03. The van der Waals surface area contributed by atoms with E-state index in [2.05, 4.69) is 4.98 Å². The zero-order chi connectivity index (χ0) is 15.5. The van der Waals surface area contributed by atoms with E-state index in [4.69, 9.17) is 10.5 Å². The lowest BCUT2D eigenvalue weighted by molar-refractivity contribution is 0.477. The molecule has 1 unspecified atom stereocenters. The number of ether oxygens (including phenoxy) is 1. The zero-order valence-corrected chi connectivity index (χ0v) is 12.8. The Labute approximate surface area is 124 Å². The first-order valence-corrected chi connectivity index (χ1v) is 8.49. The van der Waals surface area contributed by atoms with Gasteiger partial charge in [0.15, 0.2) is 9.84 Å². The van der Waals surface area contributed by atoms with Crippen molar-refractivity contribution in [2.75, 3.05) is 6.26 Å². The molecule has 5 nitrogen and oxygen atoms in total. The highest BCUT2D eigenvalue weighted by Crippen LogP contribution is 2.24. The van der Waals surface area contributed by atoms with Crippen LogP contribution < -0.4 is 10.5 Å². The average molecular weight is 306 g/mol. The number of benzene rings is 1. The van der Waals surface area contributed by atoms with E-state index in [-0.39, 0.29) is 10.9 Å². The SMILES string of the molecule is CCC(N)c1ccc(Oc2cccc(S(C)(=O)=O)c2)cn1. The van der Waals surface area contributed by atoms with E-state index < -0.39 is 9.84 Å². The minimum Gasteiger partial charge on any atom is -0.456 e. The summed E-state index contributed by atoms with van der Waals surface area (Å²) in [6.45, 7) is 1.99. The lowest BCUT2D eigenvalue weighted by Gasteiger charge is -2.10. The van der Waals surface area contributed by atoms with Crippen LogP contribution in [0.1, 0.15) is 25.1 Å². The molecule has 0 bridgehead atoms. The van der Waals surface area contributed by atoms with Gasteiger partial charge in [0, 0.05) is 12.3 Å². The molecule has 0 aliphatic rings. The van der Waals surface area contributed by atoms with Crippen molar-refractivity contribution in [1.82, 2.24) is 4.98 Å². The number of nitrogens with zero attached hydrogens (tertiary/aromatic N) is 1. The van der Waals surface area contributed by atoms with Crippen molar-refractivity contribution < 1.29 is 13.2 Å². The highest BCUT2D eigenvalue weighted by atomic mass is 32.2. The van der Waals surface area contributed by atoms with E-state index in [9.17, 15) is 8.42 Å². The Hall–Kier alpha value is -1.92. The van der Waals surface area contributed by atoms with Crippen LogP contribution in [0.4, 0.5) is 0 Å². The summed E-state index contributed by atoms with van der Waals surface area (Å²) in [6, 6.07) is 9.84. The highest BCUT2D eigenvalue weighted by molar-refractivity contribution is 7.90. The summed E-state index contributed by atoms with van der Waals surface area (Å²) < 4.78 is 28.6. The van der Waals surface area contributed by atoms with Crippen LogP contribution in [-0.4, -0.2) is 19.7 Å². The summed E-state index contributed by atoms with van der Waals surface area (Å²) in [5.74, 6) is 0.986. The first-order chi connectivity index (χ1) is 9.90. The van der Waals surface area contributed by atoms with Gasteiger partial charge in [-0.1, -0.05) is 13.0 Å². The van der Waals surface area contributed by atoms with Gasteiger partial charge in [-0.2, -0.15) is 0 Å². The molecule has 0 aliphatic heterocycles. The maximum absolute atomic E-state index is 11.5. The summed E-state index contributed by atoms with van der Waals surface area (Å²) in [5, 5.41) is 0. The molecule has 112 valence electrons. The monoisotopic (exact) mass is 306 g/mol. The number of nitrogens with two attached hydrogens (primary N) is 1. The fourth-order valence-corrected chi connectivity index (χ4v) is 2.44. The highest BCUT2D eigenvalue weighted by Gasteiger charge is 2.09. The predicted molar refractivity (Wildman–Crippen MR) is 81.1 cm³/mol. The number of aromatic nitrogens is 1. The number of pyridine rings is 1. The largest absolute Gasteiger partial charge is 0.456 e. The van der Waals surface area contributed by atoms with Crippen LogP contribution in [0.2, 0.25) is 0 Å². The quantitative estimate of drug-likeness (QED) is 0.918. The summed E-state index contributed by atoms with van der Waals surface area (Å²) in [6.07, 6.45) is 3.55. The van der Waals surface area contributed by atoms with Gasteiger partial charge in [0.05, 0.1) is 16.8 Å². The molecule has 2 rings (SSSR count). The molecule has 0 spiro atoms. The van der Waals surface area contributed by atoms with E-state index in [0.717, 1.165) is 18.4 Å². The molecule has 1 aromatic carbocycles. The minimum atomic E-state index is -3.25. The molecule has 0 saturated carbocycles. The van der Waals surface area contributed by atoms with E-state index in [1.165, 1.54) is 12.1 Å². The lowest BCUT2D eigenvalue weighted by Crippen LogP contribution is -2.10. The van der Waals surface area contributed by atoms with E-state index >= 15 is 0 Å². The van der Waals surface area contributed by atoms with E-state index in [1.54, 1.807) is 24.4 Å². The summed E-state index contributed by atoms with van der Waals surface area (Å²) in [4.78, 5) is 4.47. The fourth-order valence-electron chi connectivity index (χ4n) is 1.79. The third-order valence-corrected chi connectivity index (χ3v) is 4.16. The van der Waals surface area contributed by atoms with Gasteiger partial charge in [0.2, 0.25) is 0 Å². The molecule has 1 aromatic heterocycles. The van der Waals surface area contributed by atoms with Gasteiger partial charge < -0.3 is 10.5 Å². The van der Waals surface area contributed by atoms with Gasteiger partial charge in [-0.3, -0.25) is 4.98 Å². The predicted octanol–water partition coefficient (Wildman–Crippen LogP) is 2.69. The Morgan fingerprint density at radius 3 is 2.57 bits per heavy atom. The first-order valence-electron chi connectivity index (χ1n) is 6.59. The second-order valence-electron chi connectivity index (χ2n) is 4.78. The van der Waals surface area contributed by atoms with E-state index in [0.29, 0.717) is 11.5 Å². The first kappa shape index (κ1) is 15.5. The Morgan fingerprint density at radius 1 is 1.24 bits per heavy atom. The van der Waals surface area contributed by atoms with Crippen molar-refractivity contribution >= 4 is 9.84 Å². The Bertz CT molecular complexity index is 712. The number of hydrogen-bond acceptors (Lipinski definition) is 5. The Balaban J connectivity index is 2.19. The second kappa shape index (κ2) is 6.24. The van der Waals surface area contributed by atoms with Gasteiger partial charge in [0.1, 0.15) is 11.5 Å². The van der Waals surface area contributed by atoms with E-state index in [1.807, 2.05) is 13.0 Å². The van der Waals surface area contributed by atoms with Crippen molar-refractivity contribution in [2.24, 2.45) is 5.73 Å². The summed E-state index contributed by atoms with van der Waals surface area (Å²) in [5.41, 5.74) is 6.70. The van der Waals surface area contributed by atoms with Crippen LogP contribution in [0.15, 0.2) is 47.5 Å². The molecule has 0 aliphatic carbocycles. The van der Waals surface area contributed by atoms with Gasteiger partial charge in [-0.15, -0.1) is 0 Å².